The van der Waals surface area contributed by atoms with Crippen LogP contribution in [0, 0.1) is 0 Å². The number of ether oxygens (including phenoxy) is 1. The smallest absolute Gasteiger partial charge is 0.225 e. The van der Waals surface area contributed by atoms with Gasteiger partial charge in [0.2, 0.25) is 11.9 Å². The third kappa shape index (κ3) is 5.66. The molecule has 1 aromatic carbocycles. The van der Waals surface area contributed by atoms with Crippen LogP contribution in [-0.4, -0.2) is 78.7 Å². The molecule has 1 fully saturated rings. The summed E-state index contributed by atoms with van der Waals surface area (Å²) in [6.45, 7) is 6.76. The van der Waals surface area contributed by atoms with Crippen molar-refractivity contribution in [1.82, 2.24) is 25.5 Å². The Morgan fingerprint density at radius 1 is 1.12 bits per heavy atom. The zero-order valence-corrected chi connectivity index (χ0v) is 18.5. The molecule has 2 N–H and O–H groups in total. The monoisotopic (exact) mass is 437 g/mol. The molecule has 170 valence electrons. The van der Waals surface area contributed by atoms with Crippen molar-refractivity contribution in [1.29, 1.82) is 0 Å². The fraction of sp³-hybridized carbons (Fsp3) is 0.478. The van der Waals surface area contributed by atoms with Crippen LogP contribution in [0.5, 0.6) is 5.75 Å². The lowest BCUT2D eigenvalue weighted by Crippen LogP contribution is -2.50. The number of benzene rings is 1. The zero-order chi connectivity index (χ0) is 22.2. The average molecular weight is 438 g/mol. The Balaban J connectivity index is 1.19. The Bertz CT molecular complexity index is 889. The maximum atomic E-state index is 12.6. The number of hydrogen-bond donors (Lipinski definition) is 2. The lowest BCUT2D eigenvalue weighted by Gasteiger charge is -2.34. The van der Waals surface area contributed by atoms with Gasteiger partial charge in [0.15, 0.2) is 5.96 Å². The average Bonchev–Trinajstić information content (AvgIpc) is 3.26. The summed E-state index contributed by atoms with van der Waals surface area (Å²) >= 11 is 0. The van der Waals surface area contributed by atoms with Crippen LogP contribution in [0.4, 0.5) is 5.95 Å². The molecule has 2 aliphatic rings. The zero-order valence-electron chi connectivity index (χ0n) is 18.5. The lowest BCUT2D eigenvalue weighted by atomic mass is 10.1. The van der Waals surface area contributed by atoms with E-state index in [4.69, 9.17) is 4.74 Å². The molecule has 2 aliphatic heterocycles. The number of nitrogens with zero attached hydrogens (tertiary/aromatic N) is 5. The van der Waals surface area contributed by atoms with Crippen LogP contribution in [0.1, 0.15) is 18.9 Å². The molecule has 0 saturated carbocycles. The van der Waals surface area contributed by atoms with Gasteiger partial charge in [-0.15, -0.1) is 0 Å². The number of fused-ring (bicyclic) bond motifs is 1. The van der Waals surface area contributed by atoms with Crippen molar-refractivity contribution in [3.63, 3.8) is 0 Å². The molecule has 1 amide bonds. The summed E-state index contributed by atoms with van der Waals surface area (Å²) in [5, 5.41) is 6.52. The second-order valence-corrected chi connectivity index (χ2v) is 7.86. The number of guanidine groups is 1. The van der Waals surface area contributed by atoms with Gasteiger partial charge in [-0.3, -0.25) is 4.79 Å². The number of carbonyl (C=O) groups is 1. The molecular formula is C23H31N7O2. The number of carbonyl (C=O) groups excluding carboxylic acids is 1. The molecule has 2 aromatic rings. The van der Waals surface area contributed by atoms with Gasteiger partial charge in [-0.1, -0.05) is 18.2 Å². The quantitative estimate of drug-likeness (QED) is 0.494. The number of anilines is 1. The predicted octanol–water partition coefficient (Wildman–Crippen LogP) is 1.07. The topological polar surface area (TPSA) is 95.0 Å². The molecule has 9 heteroatoms. The van der Waals surface area contributed by atoms with Crippen molar-refractivity contribution in [2.24, 2.45) is 4.99 Å². The number of rotatable bonds is 7. The Morgan fingerprint density at radius 3 is 2.66 bits per heavy atom. The fourth-order valence-electron chi connectivity index (χ4n) is 3.95. The molecule has 1 unspecified atom stereocenters. The maximum absolute atomic E-state index is 12.6. The molecule has 9 nitrogen and oxygen atoms in total. The van der Waals surface area contributed by atoms with Crippen molar-refractivity contribution in [3.8, 4) is 5.75 Å². The van der Waals surface area contributed by atoms with Gasteiger partial charge in [-0.05, 0) is 24.6 Å². The standard InChI is InChI=1S/C23H31N7O2/c1-2-24-22(28-17-19-16-18-6-3-4-7-20(18)32-19)25-11-8-21(31)29-12-14-30(15-13-29)23-26-9-5-10-27-23/h3-7,9-10,19H,2,8,11-17H2,1H3,(H2,24,25,28). The molecule has 3 heterocycles. The number of piperazine rings is 1. The van der Waals surface area contributed by atoms with Crippen LogP contribution >= 0.6 is 0 Å². The predicted molar refractivity (Wildman–Crippen MR) is 124 cm³/mol. The second-order valence-electron chi connectivity index (χ2n) is 7.86. The molecule has 1 saturated heterocycles. The molecule has 1 atom stereocenters. The van der Waals surface area contributed by atoms with E-state index in [0.29, 0.717) is 38.6 Å². The van der Waals surface area contributed by atoms with Gasteiger partial charge in [-0.2, -0.15) is 0 Å². The molecule has 4 rings (SSSR count). The van der Waals surface area contributed by atoms with Crippen LogP contribution in [0.15, 0.2) is 47.7 Å². The minimum atomic E-state index is 0.0503. The number of hydrogen-bond acceptors (Lipinski definition) is 6. The normalized spacial score (nSPS) is 18.2. The number of nitrogens with one attached hydrogen (secondary N) is 2. The minimum Gasteiger partial charge on any atom is -0.488 e. The summed E-state index contributed by atoms with van der Waals surface area (Å²) in [7, 11) is 0. The Labute approximate surface area is 188 Å². The highest BCUT2D eigenvalue weighted by Crippen LogP contribution is 2.28. The molecule has 0 bridgehead atoms. The lowest BCUT2D eigenvalue weighted by molar-refractivity contribution is -0.131. The van der Waals surface area contributed by atoms with Crippen molar-refractivity contribution in [3.05, 3.63) is 48.3 Å². The van der Waals surface area contributed by atoms with Crippen molar-refractivity contribution < 1.29 is 9.53 Å². The molecular weight excluding hydrogens is 406 g/mol. The van der Waals surface area contributed by atoms with Crippen LogP contribution in [0.2, 0.25) is 0 Å². The highest BCUT2D eigenvalue weighted by atomic mass is 16.5. The van der Waals surface area contributed by atoms with Crippen LogP contribution < -0.4 is 20.3 Å². The fourth-order valence-corrected chi connectivity index (χ4v) is 3.95. The first-order valence-electron chi connectivity index (χ1n) is 11.3. The number of aromatic nitrogens is 2. The second kappa shape index (κ2) is 10.8. The van der Waals surface area contributed by atoms with Gasteiger partial charge in [0, 0.05) is 64.5 Å². The highest BCUT2D eigenvalue weighted by molar-refractivity contribution is 5.81. The largest absolute Gasteiger partial charge is 0.488 e. The van der Waals surface area contributed by atoms with Crippen molar-refractivity contribution in [2.75, 3.05) is 50.7 Å². The van der Waals surface area contributed by atoms with E-state index in [1.54, 1.807) is 18.5 Å². The molecule has 0 radical (unpaired) electrons. The summed E-state index contributed by atoms with van der Waals surface area (Å²) in [4.78, 5) is 29.9. The first-order chi connectivity index (χ1) is 15.7. The first-order valence-corrected chi connectivity index (χ1v) is 11.3. The van der Waals surface area contributed by atoms with E-state index >= 15 is 0 Å². The van der Waals surface area contributed by atoms with Gasteiger partial charge in [-0.25, -0.2) is 15.0 Å². The van der Waals surface area contributed by atoms with E-state index in [1.807, 2.05) is 30.0 Å². The number of aliphatic imine (C=N–C) groups is 1. The van der Waals surface area contributed by atoms with E-state index in [1.165, 1.54) is 5.56 Å². The summed E-state index contributed by atoms with van der Waals surface area (Å²) in [6, 6.07) is 9.93. The van der Waals surface area contributed by atoms with E-state index < -0.39 is 0 Å². The Hall–Kier alpha value is -3.36. The summed E-state index contributed by atoms with van der Waals surface area (Å²) < 4.78 is 5.96. The van der Waals surface area contributed by atoms with Gasteiger partial charge < -0.3 is 25.2 Å². The Kier molecular flexibility index (Phi) is 7.37. The molecule has 0 spiro atoms. The molecule has 32 heavy (non-hydrogen) atoms. The number of para-hydroxylation sites is 1. The van der Waals surface area contributed by atoms with Gasteiger partial charge in [0.1, 0.15) is 11.9 Å². The summed E-state index contributed by atoms with van der Waals surface area (Å²) in [5.41, 5.74) is 1.23. The van der Waals surface area contributed by atoms with E-state index in [-0.39, 0.29) is 12.0 Å². The van der Waals surface area contributed by atoms with E-state index in [0.717, 1.165) is 37.8 Å². The van der Waals surface area contributed by atoms with Gasteiger partial charge in [0.05, 0.1) is 6.54 Å². The van der Waals surface area contributed by atoms with E-state index in [9.17, 15) is 4.79 Å². The third-order valence-electron chi connectivity index (χ3n) is 5.61. The Morgan fingerprint density at radius 2 is 1.91 bits per heavy atom. The minimum absolute atomic E-state index is 0.0503. The highest BCUT2D eigenvalue weighted by Gasteiger charge is 2.23. The van der Waals surface area contributed by atoms with Gasteiger partial charge >= 0.3 is 0 Å². The molecule has 0 aliphatic carbocycles. The molecule has 1 aromatic heterocycles. The SMILES string of the molecule is CCNC(=NCC1Cc2ccccc2O1)NCCC(=O)N1CCN(c2ncccn2)CC1. The van der Waals surface area contributed by atoms with Crippen LogP contribution in [0.25, 0.3) is 0 Å². The van der Waals surface area contributed by atoms with Crippen LogP contribution in [0.3, 0.4) is 0 Å². The van der Waals surface area contributed by atoms with Crippen molar-refractivity contribution in [2.45, 2.75) is 25.9 Å². The van der Waals surface area contributed by atoms with Crippen molar-refractivity contribution >= 4 is 17.8 Å². The first kappa shape index (κ1) is 21.9. The van der Waals surface area contributed by atoms with E-state index in [2.05, 4.69) is 36.6 Å². The maximum Gasteiger partial charge on any atom is 0.225 e. The summed E-state index contributed by atoms with van der Waals surface area (Å²) in [6.07, 6.45) is 4.84. The van der Waals surface area contributed by atoms with Gasteiger partial charge in [0.25, 0.3) is 0 Å². The van der Waals surface area contributed by atoms with Crippen LogP contribution in [-0.2, 0) is 11.2 Å². The summed E-state index contributed by atoms with van der Waals surface area (Å²) in [5.74, 6) is 2.54. The number of amides is 1. The third-order valence-corrected chi connectivity index (χ3v) is 5.61.